The van der Waals surface area contributed by atoms with Gasteiger partial charge in [0.05, 0.1) is 6.33 Å². The van der Waals surface area contributed by atoms with Crippen molar-refractivity contribution in [2.24, 2.45) is 0 Å². The zero-order valence-electron chi connectivity index (χ0n) is 19.9. The molecule has 1 heterocycles. The number of ether oxygens (including phenoxy) is 1. The van der Waals surface area contributed by atoms with Crippen LogP contribution >= 0.6 is 0 Å². The van der Waals surface area contributed by atoms with Gasteiger partial charge in [0, 0.05) is 20.0 Å². The molecule has 0 unspecified atom stereocenters. The van der Waals surface area contributed by atoms with Gasteiger partial charge in [0.1, 0.15) is 17.3 Å². The maximum atomic E-state index is 13.1. The van der Waals surface area contributed by atoms with Crippen molar-refractivity contribution in [1.82, 2.24) is 20.2 Å². The first kappa shape index (κ1) is 24.7. The maximum Gasteiger partial charge on any atom is 0.329 e. The molecule has 2 amide bonds. The van der Waals surface area contributed by atoms with Gasteiger partial charge >= 0.3 is 5.97 Å². The monoisotopic (exact) mass is 462 g/mol. The van der Waals surface area contributed by atoms with Crippen LogP contribution in [0.3, 0.4) is 0 Å². The molecule has 0 radical (unpaired) electrons. The van der Waals surface area contributed by atoms with Crippen LogP contribution in [0.1, 0.15) is 52.9 Å². The van der Waals surface area contributed by atoms with Crippen molar-refractivity contribution in [3.05, 3.63) is 89.5 Å². The average Bonchev–Trinajstić information content (AvgIpc) is 3.28. The van der Waals surface area contributed by atoms with Crippen LogP contribution < -0.4 is 5.32 Å². The number of hydrogen-bond acceptors (Lipinski definition) is 5. The number of imidazole rings is 1. The second kappa shape index (κ2) is 10.8. The second-order valence-electron chi connectivity index (χ2n) is 9.02. The fourth-order valence-corrected chi connectivity index (χ4v) is 3.39. The summed E-state index contributed by atoms with van der Waals surface area (Å²) in [6.45, 7) is 5.66. The third kappa shape index (κ3) is 6.78. The number of benzene rings is 2. The molecule has 3 rings (SSSR count). The summed E-state index contributed by atoms with van der Waals surface area (Å²) in [7, 11) is 1.65. The molecule has 3 aromatic rings. The topological polar surface area (TPSA) is 104 Å². The molecular weight excluding hydrogens is 432 g/mol. The smallest absolute Gasteiger partial charge is 0.329 e. The van der Waals surface area contributed by atoms with Gasteiger partial charge in [-0.15, -0.1) is 0 Å². The number of amides is 2. The van der Waals surface area contributed by atoms with E-state index in [0.717, 1.165) is 11.1 Å². The number of hydrogen-bond donors (Lipinski definition) is 2. The molecule has 1 aromatic heterocycles. The van der Waals surface area contributed by atoms with E-state index in [1.165, 1.54) is 11.2 Å². The van der Waals surface area contributed by atoms with Gasteiger partial charge in [0.15, 0.2) is 5.69 Å². The summed E-state index contributed by atoms with van der Waals surface area (Å²) in [5, 5.41) is 2.71. The molecule has 0 aliphatic heterocycles. The Kier molecular flexibility index (Phi) is 7.83. The molecule has 0 saturated heterocycles. The third-order valence-corrected chi connectivity index (χ3v) is 4.96. The van der Waals surface area contributed by atoms with Crippen LogP contribution in [0.15, 0.2) is 67.0 Å². The van der Waals surface area contributed by atoms with E-state index in [1.807, 2.05) is 60.7 Å². The van der Waals surface area contributed by atoms with E-state index in [9.17, 15) is 14.4 Å². The number of nitrogens with zero attached hydrogens (tertiary/aromatic N) is 2. The second-order valence-corrected chi connectivity index (χ2v) is 9.02. The molecule has 1 atom stereocenters. The number of aromatic nitrogens is 2. The van der Waals surface area contributed by atoms with E-state index < -0.39 is 23.5 Å². The molecule has 178 valence electrons. The highest BCUT2D eigenvalue weighted by Gasteiger charge is 2.30. The normalized spacial score (nSPS) is 12.0. The molecule has 2 aromatic carbocycles. The summed E-state index contributed by atoms with van der Waals surface area (Å²) in [6, 6.07) is 17.9. The summed E-state index contributed by atoms with van der Waals surface area (Å²) in [4.78, 5) is 47.3. The molecule has 0 aliphatic carbocycles. The first-order valence-corrected chi connectivity index (χ1v) is 11.0. The highest BCUT2D eigenvalue weighted by molar-refractivity contribution is 6.05. The molecule has 8 nitrogen and oxygen atoms in total. The average molecular weight is 463 g/mol. The lowest BCUT2D eigenvalue weighted by Gasteiger charge is -2.24. The Labute approximate surface area is 199 Å². The van der Waals surface area contributed by atoms with Crippen molar-refractivity contribution in [2.45, 2.75) is 45.4 Å². The van der Waals surface area contributed by atoms with Crippen molar-refractivity contribution < 1.29 is 19.1 Å². The first-order valence-electron chi connectivity index (χ1n) is 11.0. The van der Waals surface area contributed by atoms with Crippen molar-refractivity contribution >= 4 is 17.8 Å². The van der Waals surface area contributed by atoms with Crippen molar-refractivity contribution in [2.75, 3.05) is 7.05 Å². The lowest BCUT2D eigenvalue weighted by molar-refractivity contribution is -0.157. The summed E-state index contributed by atoms with van der Waals surface area (Å²) in [5.41, 5.74) is 1.08. The van der Waals surface area contributed by atoms with Gasteiger partial charge in [-0.2, -0.15) is 0 Å². The predicted octanol–water partition coefficient (Wildman–Crippen LogP) is 3.36. The van der Waals surface area contributed by atoms with Crippen LogP contribution in [0.25, 0.3) is 0 Å². The predicted molar refractivity (Wildman–Crippen MR) is 128 cm³/mol. The summed E-state index contributed by atoms with van der Waals surface area (Å²) < 4.78 is 5.52. The lowest BCUT2D eigenvalue weighted by Crippen LogP contribution is -2.46. The molecule has 0 aliphatic rings. The third-order valence-electron chi connectivity index (χ3n) is 4.96. The molecular formula is C26H30N4O4. The van der Waals surface area contributed by atoms with Crippen LogP contribution in [0.4, 0.5) is 0 Å². The van der Waals surface area contributed by atoms with Crippen LogP contribution in [-0.4, -0.2) is 51.3 Å². The number of esters is 1. The summed E-state index contributed by atoms with van der Waals surface area (Å²) >= 11 is 0. The van der Waals surface area contributed by atoms with Crippen molar-refractivity contribution in [1.29, 1.82) is 0 Å². The number of carbonyl (C=O) groups excluding carboxylic acids is 3. The SMILES string of the molecule is CN(Cc1ccccc1)C(=O)c1[nH]cnc1C(=O)N[C@@H](Cc1ccccc1)C(=O)OC(C)(C)C. The minimum atomic E-state index is -0.948. The zero-order valence-corrected chi connectivity index (χ0v) is 19.9. The van der Waals surface area contributed by atoms with Gasteiger partial charge in [0.2, 0.25) is 0 Å². The van der Waals surface area contributed by atoms with Gasteiger partial charge in [-0.25, -0.2) is 9.78 Å². The summed E-state index contributed by atoms with van der Waals surface area (Å²) in [6.07, 6.45) is 1.53. The molecule has 0 saturated carbocycles. The molecule has 0 spiro atoms. The number of aromatic amines is 1. The Hall–Kier alpha value is -3.94. The van der Waals surface area contributed by atoms with E-state index in [1.54, 1.807) is 27.8 Å². The fourth-order valence-electron chi connectivity index (χ4n) is 3.39. The Balaban J connectivity index is 1.77. The Morgan fingerprint density at radius 2 is 1.59 bits per heavy atom. The molecule has 0 fully saturated rings. The van der Waals surface area contributed by atoms with Gasteiger partial charge in [-0.05, 0) is 31.9 Å². The van der Waals surface area contributed by atoms with E-state index in [0.29, 0.717) is 6.54 Å². The minimum Gasteiger partial charge on any atom is -0.458 e. The van der Waals surface area contributed by atoms with E-state index >= 15 is 0 Å². The molecule has 2 N–H and O–H groups in total. The van der Waals surface area contributed by atoms with E-state index in [4.69, 9.17) is 4.74 Å². The van der Waals surface area contributed by atoms with Gasteiger partial charge in [-0.3, -0.25) is 9.59 Å². The Morgan fingerprint density at radius 3 is 2.18 bits per heavy atom. The zero-order chi connectivity index (χ0) is 24.7. The van der Waals surface area contributed by atoms with Crippen molar-refractivity contribution in [3.63, 3.8) is 0 Å². The highest BCUT2D eigenvalue weighted by Crippen LogP contribution is 2.14. The van der Waals surface area contributed by atoms with Crippen molar-refractivity contribution in [3.8, 4) is 0 Å². The largest absolute Gasteiger partial charge is 0.458 e. The van der Waals surface area contributed by atoms with Crippen LogP contribution in [-0.2, 0) is 22.5 Å². The standard InChI is InChI=1S/C26H30N4O4/c1-26(2,3)34-25(33)20(15-18-11-7-5-8-12-18)29-23(31)21-22(28-17-27-21)24(32)30(4)16-19-13-9-6-10-14-19/h5-14,17,20H,15-16H2,1-4H3,(H,27,28)(H,29,31)/t20-/m0/s1. The molecule has 34 heavy (non-hydrogen) atoms. The number of rotatable bonds is 8. The molecule has 8 heteroatoms. The number of nitrogens with one attached hydrogen (secondary N) is 2. The van der Waals surface area contributed by atoms with Crippen LogP contribution in [0.2, 0.25) is 0 Å². The lowest BCUT2D eigenvalue weighted by atomic mass is 10.1. The van der Waals surface area contributed by atoms with Gasteiger partial charge in [0.25, 0.3) is 11.8 Å². The quantitative estimate of drug-likeness (QED) is 0.500. The summed E-state index contributed by atoms with van der Waals surface area (Å²) in [5.74, 6) is -1.58. The maximum absolute atomic E-state index is 13.1. The van der Waals surface area contributed by atoms with Gasteiger partial charge in [-0.1, -0.05) is 60.7 Å². The Morgan fingerprint density at radius 1 is 1.00 bits per heavy atom. The number of carbonyl (C=O) groups is 3. The van der Waals surface area contributed by atoms with Gasteiger partial charge < -0.3 is 19.9 Å². The fraction of sp³-hybridized carbons (Fsp3) is 0.308. The van der Waals surface area contributed by atoms with Crippen LogP contribution in [0, 0.1) is 0 Å². The van der Waals surface area contributed by atoms with E-state index in [2.05, 4.69) is 15.3 Å². The minimum absolute atomic E-state index is 0.0542. The first-order chi connectivity index (χ1) is 16.1. The highest BCUT2D eigenvalue weighted by atomic mass is 16.6. The number of H-pyrrole nitrogens is 1. The van der Waals surface area contributed by atoms with E-state index in [-0.39, 0.29) is 23.7 Å². The molecule has 0 bridgehead atoms. The Bertz CT molecular complexity index is 1120. The van der Waals surface area contributed by atoms with Crippen LogP contribution in [0.5, 0.6) is 0 Å².